The van der Waals surface area contributed by atoms with Crippen LogP contribution in [0.25, 0.3) is 10.9 Å². The Kier molecular flexibility index (Phi) is 9.24. The van der Waals surface area contributed by atoms with Gasteiger partial charge in [0.25, 0.3) is 0 Å². The van der Waals surface area contributed by atoms with E-state index in [1.165, 1.54) is 6.33 Å². The number of nitrogens with one attached hydrogen (secondary N) is 1. The number of nitrogens with zero attached hydrogens (tertiary/aromatic N) is 4. The average Bonchev–Trinajstić information content (AvgIpc) is 3.38. The zero-order valence-electron chi connectivity index (χ0n) is 24.3. The van der Waals surface area contributed by atoms with Crippen LogP contribution in [0.5, 0.6) is 17.4 Å². The quantitative estimate of drug-likeness (QED) is 0.146. The Morgan fingerprint density at radius 1 is 1.05 bits per heavy atom. The average molecular weight is 545 g/mol. The lowest BCUT2D eigenvalue weighted by atomic mass is 9.93. The summed E-state index contributed by atoms with van der Waals surface area (Å²) >= 11 is 0. The van der Waals surface area contributed by atoms with E-state index < -0.39 is 0 Å². The third-order valence-corrected chi connectivity index (χ3v) is 6.47. The minimum Gasteiger partial charge on any atom is -0.490 e. The first-order valence-electron chi connectivity index (χ1n) is 14.0. The van der Waals surface area contributed by atoms with Crippen molar-refractivity contribution in [2.75, 3.05) is 5.32 Å². The highest BCUT2D eigenvalue weighted by Gasteiger charge is 2.20. The number of ether oxygens (including phenoxy) is 2. The number of aryl methyl sites for hydroxylation is 1. The molecule has 212 valence electrons. The highest BCUT2D eigenvalue weighted by atomic mass is 16.5. The second-order valence-electron chi connectivity index (χ2n) is 10.9. The summed E-state index contributed by atoms with van der Waals surface area (Å²) in [5.41, 5.74) is 8.61. The molecule has 0 amide bonds. The summed E-state index contributed by atoms with van der Waals surface area (Å²) in [6.45, 7) is 12.6. The highest BCUT2D eigenvalue weighted by molar-refractivity contribution is 5.94. The zero-order valence-corrected chi connectivity index (χ0v) is 24.3. The van der Waals surface area contributed by atoms with Gasteiger partial charge in [0.2, 0.25) is 5.88 Å². The van der Waals surface area contributed by atoms with Crippen molar-refractivity contribution in [1.82, 2.24) is 15.1 Å². The number of fused-ring (bicyclic) bond motifs is 1. The van der Waals surface area contributed by atoms with Gasteiger partial charge in [0.1, 0.15) is 23.6 Å². The van der Waals surface area contributed by atoms with Crippen LogP contribution >= 0.6 is 0 Å². The fourth-order valence-corrected chi connectivity index (χ4v) is 4.38. The lowest BCUT2D eigenvalue weighted by Gasteiger charge is -2.21. The third kappa shape index (κ3) is 7.28. The molecule has 9 heteroatoms. The molecule has 0 radical (unpaired) electrons. The second-order valence-corrected chi connectivity index (χ2v) is 10.9. The molecule has 0 unspecified atom stereocenters. The van der Waals surface area contributed by atoms with Crippen LogP contribution in [0.15, 0.2) is 58.3 Å². The number of rotatable bonds is 11. The zero-order chi connectivity index (χ0) is 28.7. The van der Waals surface area contributed by atoms with Gasteiger partial charge in [-0.3, -0.25) is 0 Å². The topological polar surface area (TPSA) is 121 Å². The van der Waals surface area contributed by atoms with Crippen molar-refractivity contribution in [3.8, 4) is 17.4 Å². The van der Waals surface area contributed by atoms with E-state index in [1.54, 1.807) is 6.07 Å². The summed E-state index contributed by atoms with van der Waals surface area (Å²) in [7, 11) is 0. The van der Waals surface area contributed by atoms with Crippen LogP contribution in [0, 0.1) is 0 Å². The molecule has 0 aliphatic heterocycles. The third-order valence-electron chi connectivity index (χ3n) is 6.47. The van der Waals surface area contributed by atoms with Gasteiger partial charge in [-0.15, -0.1) is 0 Å². The van der Waals surface area contributed by atoms with E-state index >= 15 is 0 Å². The molecule has 2 aromatic heterocycles. The summed E-state index contributed by atoms with van der Waals surface area (Å²) in [4.78, 5) is 13.3. The summed E-state index contributed by atoms with van der Waals surface area (Å²) < 4.78 is 18.1. The molecule has 9 nitrogen and oxygen atoms in total. The molecule has 40 heavy (non-hydrogen) atoms. The molecule has 0 aliphatic rings. The van der Waals surface area contributed by atoms with Crippen molar-refractivity contribution in [2.24, 2.45) is 10.7 Å². The summed E-state index contributed by atoms with van der Waals surface area (Å²) in [5.74, 6) is 3.23. The first-order chi connectivity index (χ1) is 19.2. The first-order valence-corrected chi connectivity index (χ1v) is 14.0. The van der Waals surface area contributed by atoms with Gasteiger partial charge in [0.05, 0.1) is 17.0 Å². The van der Waals surface area contributed by atoms with Gasteiger partial charge in [0.15, 0.2) is 11.8 Å². The van der Waals surface area contributed by atoms with Crippen molar-refractivity contribution >= 4 is 28.4 Å². The van der Waals surface area contributed by atoms with Gasteiger partial charge in [-0.2, -0.15) is 4.99 Å². The van der Waals surface area contributed by atoms with E-state index in [4.69, 9.17) is 19.7 Å². The van der Waals surface area contributed by atoms with Crippen LogP contribution < -0.4 is 20.5 Å². The molecule has 2 aromatic carbocycles. The Hall–Kier alpha value is -4.14. The molecule has 0 bridgehead atoms. The maximum atomic E-state index is 6.50. The molecule has 0 fully saturated rings. The van der Waals surface area contributed by atoms with E-state index in [0.29, 0.717) is 23.1 Å². The van der Waals surface area contributed by atoms with E-state index in [2.05, 4.69) is 52.3 Å². The maximum absolute atomic E-state index is 6.50. The highest BCUT2D eigenvalue weighted by Crippen LogP contribution is 2.34. The van der Waals surface area contributed by atoms with Gasteiger partial charge in [0, 0.05) is 23.2 Å². The number of hydrogen-bond donors (Lipinski definition) is 2. The van der Waals surface area contributed by atoms with Crippen molar-refractivity contribution in [2.45, 2.75) is 85.2 Å². The number of aromatic nitrogens is 3. The molecular formula is C31H40N6O3. The van der Waals surface area contributed by atoms with E-state index in [9.17, 15) is 0 Å². The Balaban J connectivity index is 1.56. The van der Waals surface area contributed by atoms with E-state index in [1.807, 2.05) is 51.1 Å². The molecule has 0 saturated heterocycles. The standard InChI is InChI=1S/C31H40N6O3/c1-7-11-22(12-8-2)38-26-17-24-25(15-20(26)9-3)33-19-34-29(24)39-23-14-10-13-21(16-23)35-30(32)36-28-18-27(40-37-28)31(4,5)6/h10,13-19,22H,7-9,11-12H2,1-6H3,(H3,32,35,36,37). The smallest absolute Gasteiger partial charge is 0.230 e. The monoisotopic (exact) mass is 544 g/mol. The van der Waals surface area contributed by atoms with Crippen LogP contribution in [-0.2, 0) is 11.8 Å². The number of guanidine groups is 1. The van der Waals surface area contributed by atoms with Crippen LogP contribution in [0.4, 0.5) is 11.5 Å². The predicted molar refractivity (Wildman–Crippen MR) is 160 cm³/mol. The van der Waals surface area contributed by atoms with Crippen LogP contribution in [0.1, 0.15) is 78.5 Å². The Labute approximate surface area is 236 Å². The molecule has 4 rings (SSSR count). The van der Waals surface area contributed by atoms with Crippen molar-refractivity contribution in [1.29, 1.82) is 0 Å². The maximum Gasteiger partial charge on any atom is 0.230 e. The van der Waals surface area contributed by atoms with Gasteiger partial charge >= 0.3 is 0 Å². The van der Waals surface area contributed by atoms with Crippen molar-refractivity contribution < 1.29 is 14.0 Å². The molecule has 4 aromatic rings. The summed E-state index contributed by atoms with van der Waals surface area (Å²) in [6.07, 6.45) is 6.73. The van der Waals surface area contributed by atoms with E-state index in [0.717, 1.165) is 60.1 Å². The normalized spacial score (nSPS) is 12.2. The molecule has 0 saturated carbocycles. The minimum atomic E-state index is -0.169. The molecule has 3 N–H and O–H groups in total. The molecule has 0 aliphatic carbocycles. The van der Waals surface area contributed by atoms with E-state index in [-0.39, 0.29) is 17.5 Å². The Morgan fingerprint density at radius 2 is 1.82 bits per heavy atom. The Bertz CT molecular complexity index is 1450. The summed E-state index contributed by atoms with van der Waals surface area (Å²) in [5, 5.41) is 7.87. The number of aliphatic imine (C=N–C) groups is 1. The lowest BCUT2D eigenvalue weighted by Crippen LogP contribution is -2.21. The Morgan fingerprint density at radius 3 is 2.50 bits per heavy atom. The number of benzene rings is 2. The number of nitrogens with two attached hydrogens (primary N) is 1. The van der Waals surface area contributed by atoms with Gasteiger partial charge < -0.3 is 25.0 Å². The van der Waals surface area contributed by atoms with Crippen molar-refractivity contribution in [3.63, 3.8) is 0 Å². The van der Waals surface area contributed by atoms with Gasteiger partial charge in [-0.25, -0.2) is 9.97 Å². The summed E-state index contributed by atoms with van der Waals surface area (Å²) in [6, 6.07) is 13.3. The van der Waals surface area contributed by atoms with Crippen LogP contribution in [-0.4, -0.2) is 27.2 Å². The van der Waals surface area contributed by atoms with Crippen molar-refractivity contribution in [3.05, 3.63) is 60.1 Å². The SMILES string of the molecule is CCCC(CCC)Oc1cc2c(Oc3cccc(NC(N)=Nc4cc(C(C)(C)C)on4)c3)ncnc2cc1CC. The van der Waals surface area contributed by atoms with Gasteiger partial charge in [-0.1, -0.05) is 65.6 Å². The van der Waals surface area contributed by atoms with Gasteiger partial charge in [-0.05, 0) is 49.1 Å². The first kappa shape index (κ1) is 28.9. The second kappa shape index (κ2) is 12.8. The fraction of sp³-hybridized carbons (Fsp3) is 0.419. The number of hydrogen-bond acceptors (Lipinski definition) is 7. The fourth-order valence-electron chi connectivity index (χ4n) is 4.38. The molecule has 2 heterocycles. The largest absolute Gasteiger partial charge is 0.490 e. The molecule has 0 atom stereocenters. The molecule has 0 spiro atoms. The van der Waals surface area contributed by atoms with Crippen LogP contribution in [0.3, 0.4) is 0 Å². The minimum absolute atomic E-state index is 0.169. The number of anilines is 1. The van der Waals surface area contributed by atoms with Crippen LogP contribution in [0.2, 0.25) is 0 Å². The molecular weight excluding hydrogens is 504 g/mol. The predicted octanol–water partition coefficient (Wildman–Crippen LogP) is 7.68. The lowest BCUT2D eigenvalue weighted by molar-refractivity contribution is 0.177.